The first-order valence-corrected chi connectivity index (χ1v) is 16.3. The van der Waals surface area contributed by atoms with Crippen molar-refractivity contribution in [2.24, 2.45) is 0 Å². The maximum Gasteiger partial charge on any atom is 0.132 e. The molecule has 0 atom stereocenters. The molecule has 2 heterocycles. The highest BCUT2D eigenvalue weighted by atomic mass is 16.5. The van der Waals surface area contributed by atoms with E-state index in [1.807, 2.05) is 115 Å². The van der Waals surface area contributed by atoms with Gasteiger partial charge in [0.15, 0.2) is 0 Å². The van der Waals surface area contributed by atoms with Crippen molar-refractivity contribution in [3.05, 3.63) is 210 Å². The maximum atomic E-state index is 10.3. The number of ether oxygens (including phenoxy) is 1. The summed E-state index contributed by atoms with van der Waals surface area (Å²) in [6.45, 7) is 0. The van der Waals surface area contributed by atoms with Crippen LogP contribution in [0.25, 0.3) is 49.4 Å². The van der Waals surface area contributed by atoms with Crippen molar-refractivity contribution in [2.75, 3.05) is 0 Å². The summed E-state index contributed by atoms with van der Waals surface area (Å²) in [7, 11) is 0. The van der Waals surface area contributed by atoms with Gasteiger partial charge in [0.05, 0.1) is 26.0 Å². The van der Waals surface area contributed by atoms with E-state index in [1.165, 1.54) is 0 Å². The Hall–Kier alpha value is -6.38. The number of rotatable bonds is 4. The number of hydrogen-bond donors (Lipinski definition) is 0. The Morgan fingerprint density at radius 2 is 1.12 bits per heavy atom. The van der Waals surface area contributed by atoms with E-state index in [0.717, 1.165) is 38.3 Å². The number of benzene rings is 8. The minimum atomic E-state index is -1.55. The van der Waals surface area contributed by atoms with Crippen LogP contribution in [0.4, 0.5) is 0 Å². The molecule has 0 amide bonds. The SMILES string of the molecule is [2H]c1c([2H])c([2H])c2c(c1[2H])Oc1c([2H])c([2H])c(-c3cccc4c5ccc6ccccc6c5n(-c5ccccc5)c34)c([2H])c1C2(c1ccccc1)c1ccccc1. The topological polar surface area (TPSA) is 14.2 Å². The summed E-state index contributed by atoms with van der Waals surface area (Å²) in [6.07, 6.45) is 0. The Bertz CT molecular complexity index is 3030. The molecule has 0 N–H and O–H groups in total. The predicted octanol–water partition coefficient (Wildman–Crippen LogP) is 12.1. The van der Waals surface area contributed by atoms with Crippen LogP contribution in [0.2, 0.25) is 0 Å². The van der Waals surface area contributed by atoms with Gasteiger partial charge in [0.25, 0.3) is 0 Å². The number of nitrogens with zero attached hydrogens (tertiary/aromatic N) is 1. The fraction of sp³-hybridized carbons (Fsp3) is 0.0213. The van der Waals surface area contributed by atoms with Crippen molar-refractivity contribution < 1.29 is 14.3 Å². The van der Waals surface area contributed by atoms with Gasteiger partial charge in [-0.2, -0.15) is 0 Å². The third-order valence-electron chi connectivity index (χ3n) is 9.76. The number of hydrogen-bond acceptors (Lipinski definition) is 1. The molecule has 2 nitrogen and oxygen atoms in total. The van der Waals surface area contributed by atoms with Crippen molar-refractivity contribution in [1.29, 1.82) is 0 Å². The van der Waals surface area contributed by atoms with Crippen LogP contribution in [0.1, 0.15) is 31.8 Å². The Morgan fingerprint density at radius 1 is 0.490 bits per heavy atom. The molecular formula is C47H31NO. The molecule has 1 aromatic heterocycles. The molecule has 0 bridgehead atoms. The molecule has 1 aliphatic rings. The zero-order valence-corrected chi connectivity index (χ0v) is 26.2. The number of aromatic nitrogens is 1. The van der Waals surface area contributed by atoms with Gasteiger partial charge in [-0.3, -0.25) is 0 Å². The van der Waals surface area contributed by atoms with E-state index >= 15 is 0 Å². The smallest absolute Gasteiger partial charge is 0.132 e. The fourth-order valence-electron chi connectivity index (χ4n) is 7.72. The summed E-state index contributed by atoms with van der Waals surface area (Å²) in [6, 6.07) is 44.8. The highest BCUT2D eigenvalue weighted by Gasteiger charge is 2.45. The maximum absolute atomic E-state index is 10.3. The van der Waals surface area contributed by atoms with Gasteiger partial charge < -0.3 is 9.30 Å². The van der Waals surface area contributed by atoms with E-state index in [0.29, 0.717) is 16.7 Å². The quantitative estimate of drug-likeness (QED) is 0.188. The minimum Gasteiger partial charge on any atom is -0.457 e. The Labute approximate surface area is 294 Å². The van der Waals surface area contributed by atoms with E-state index < -0.39 is 23.5 Å². The highest BCUT2D eigenvalue weighted by molar-refractivity contribution is 6.21. The van der Waals surface area contributed by atoms with Crippen LogP contribution in [0.15, 0.2) is 188 Å². The summed E-state index contributed by atoms with van der Waals surface area (Å²) < 4.78 is 74.2. The fourth-order valence-corrected chi connectivity index (χ4v) is 7.72. The minimum absolute atomic E-state index is 0.0750. The molecule has 0 saturated carbocycles. The second-order valence-electron chi connectivity index (χ2n) is 12.3. The lowest BCUT2D eigenvalue weighted by Gasteiger charge is -2.41. The van der Waals surface area contributed by atoms with Crippen LogP contribution in [-0.2, 0) is 5.41 Å². The first-order valence-electron chi connectivity index (χ1n) is 19.8. The summed E-state index contributed by atoms with van der Waals surface area (Å²) in [5.74, 6) is -0.217. The average Bonchev–Trinajstić information content (AvgIpc) is 3.60. The van der Waals surface area contributed by atoms with Gasteiger partial charge in [-0.1, -0.05) is 158 Å². The third kappa shape index (κ3) is 4.01. The monoisotopic (exact) mass is 632 g/mol. The normalized spacial score (nSPS) is 15.2. The first-order chi connectivity index (χ1) is 27.2. The van der Waals surface area contributed by atoms with Crippen LogP contribution in [0.3, 0.4) is 0 Å². The lowest BCUT2D eigenvalue weighted by molar-refractivity contribution is 0.434. The van der Waals surface area contributed by atoms with Crippen molar-refractivity contribution in [3.63, 3.8) is 0 Å². The standard InChI is InChI=1S/C47H31NO/c1-4-16-34(17-5-1)47(35-18-6-2-7-19-35)41-25-12-13-26-43(41)49-44-30-28-33(31-42(44)47)38-23-14-24-39-40-29-27-32-15-10-11-22-37(32)45(40)48(46(38)39)36-20-8-3-9-21-36/h1-31H/i12D,13D,25D,26D,28D,30D,31D. The molecule has 1 aliphatic heterocycles. The van der Waals surface area contributed by atoms with Crippen LogP contribution < -0.4 is 4.74 Å². The van der Waals surface area contributed by atoms with E-state index in [2.05, 4.69) is 34.9 Å². The summed E-state index contributed by atoms with van der Waals surface area (Å²) in [5, 5.41) is 4.04. The third-order valence-corrected chi connectivity index (χ3v) is 9.76. The van der Waals surface area contributed by atoms with Crippen LogP contribution >= 0.6 is 0 Å². The summed E-state index contributed by atoms with van der Waals surface area (Å²) >= 11 is 0. The molecule has 49 heavy (non-hydrogen) atoms. The van der Waals surface area contributed by atoms with Gasteiger partial charge >= 0.3 is 0 Å². The Balaban J connectivity index is 1.42. The molecule has 0 unspecified atom stereocenters. The molecule has 2 heteroatoms. The summed E-state index contributed by atoms with van der Waals surface area (Å²) in [4.78, 5) is 0. The highest BCUT2D eigenvalue weighted by Crippen LogP contribution is 2.56. The van der Waals surface area contributed by atoms with E-state index in [4.69, 9.17) is 8.85 Å². The zero-order valence-electron chi connectivity index (χ0n) is 33.2. The molecule has 10 rings (SSSR count). The van der Waals surface area contributed by atoms with Gasteiger partial charge in [0.2, 0.25) is 0 Å². The lowest BCUT2D eigenvalue weighted by Crippen LogP contribution is -2.34. The van der Waals surface area contributed by atoms with Gasteiger partial charge in [-0.25, -0.2) is 0 Å². The number of para-hydroxylation sites is 3. The van der Waals surface area contributed by atoms with Crippen LogP contribution in [-0.4, -0.2) is 4.57 Å². The lowest BCUT2D eigenvalue weighted by atomic mass is 9.63. The second kappa shape index (κ2) is 10.8. The molecular weight excluding hydrogens is 595 g/mol. The van der Waals surface area contributed by atoms with Gasteiger partial charge in [-0.05, 0) is 52.3 Å². The van der Waals surface area contributed by atoms with Crippen molar-refractivity contribution in [1.82, 2.24) is 4.57 Å². The summed E-state index contributed by atoms with van der Waals surface area (Å²) in [5.41, 5.74) is 3.53. The van der Waals surface area contributed by atoms with E-state index in [1.54, 1.807) is 0 Å². The first kappa shape index (κ1) is 21.5. The molecule has 9 aromatic rings. The predicted molar refractivity (Wildman–Crippen MR) is 202 cm³/mol. The molecule has 0 saturated heterocycles. The van der Waals surface area contributed by atoms with Crippen LogP contribution in [0, 0.1) is 0 Å². The molecule has 8 aromatic carbocycles. The van der Waals surface area contributed by atoms with Gasteiger partial charge in [-0.15, -0.1) is 0 Å². The van der Waals surface area contributed by atoms with Crippen LogP contribution in [0.5, 0.6) is 11.5 Å². The van der Waals surface area contributed by atoms with Crippen molar-refractivity contribution in [2.45, 2.75) is 5.41 Å². The Morgan fingerprint density at radius 3 is 1.90 bits per heavy atom. The zero-order chi connectivity index (χ0) is 38.5. The van der Waals surface area contributed by atoms with Gasteiger partial charge in [0, 0.05) is 38.5 Å². The van der Waals surface area contributed by atoms with Crippen molar-refractivity contribution in [3.8, 4) is 28.3 Å². The molecule has 0 aliphatic carbocycles. The van der Waals surface area contributed by atoms with Gasteiger partial charge in [0.1, 0.15) is 11.5 Å². The van der Waals surface area contributed by atoms with E-state index in [9.17, 15) is 5.48 Å². The van der Waals surface area contributed by atoms with E-state index in [-0.39, 0.29) is 52.4 Å². The molecule has 0 spiro atoms. The Kier molecular flexibility index (Phi) is 4.75. The molecule has 0 radical (unpaired) electrons. The average molecular weight is 633 g/mol. The molecule has 230 valence electrons. The largest absolute Gasteiger partial charge is 0.457 e. The number of fused-ring (bicyclic) bond motifs is 7. The molecule has 0 fully saturated rings. The second-order valence-corrected chi connectivity index (χ2v) is 12.3. The van der Waals surface area contributed by atoms with Crippen molar-refractivity contribution >= 4 is 32.6 Å².